The van der Waals surface area contributed by atoms with Crippen molar-refractivity contribution in [1.82, 2.24) is 24.8 Å². The summed E-state index contributed by atoms with van der Waals surface area (Å²) in [6.07, 6.45) is 1.49. The van der Waals surface area contributed by atoms with Crippen molar-refractivity contribution in [3.63, 3.8) is 0 Å². The van der Waals surface area contributed by atoms with E-state index in [1.54, 1.807) is 18.2 Å². The molecule has 0 saturated carbocycles. The number of piperazine rings is 1. The van der Waals surface area contributed by atoms with Crippen LogP contribution >= 0.6 is 0 Å². The van der Waals surface area contributed by atoms with Gasteiger partial charge in [-0.3, -0.25) is 4.90 Å². The van der Waals surface area contributed by atoms with E-state index in [9.17, 15) is 9.18 Å². The fourth-order valence-electron chi connectivity index (χ4n) is 4.04. The number of hydrogen-bond donors (Lipinski definition) is 2. The smallest absolute Gasteiger partial charge is 0.323 e. The summed E-state index contributed by atoms with van der Waals surface area (Å²) in [6, 6.07) is 14.1. The van der Waals surface area contributed by atoms with Crippen LogP contribution in [0.4, 0.5) is 10.2 Å². The van der Waals surface area contributed by atoms with E-state index in [-0.39, 0.29) is 17.5 Å². The number of rotatable bonds is 5. The first-order valence-corrected chi connectivity index (χ1v) is 10.5. The second kappa shape index (κ2) is 8.43. The summed E-state index contributed by atoms with van der Waals surface area (Å²) in [6.45, 7) is 5.53. The molecule has 4 aromatic rings. The van der Waals surface area contributed by atoms with Gasteiger partial charge in [0.05, 0.1) is 11.0 Å². The Morgan fingerprint density at radius 1 is 0.969 bits per heavy atom. The van der Waals surface area contributed by atoms with Gasteiger partial charge in [0.2, 0.25) is 5.88 Å². The zero-order valence-corrected chi connectivity index (χ0v) is 17.6. The van der Waals surface area contributed by atoms with Crippen molar-refractivity contribution in [1.29, 1.82) is 0 Å². The van der Waals surface area contributed by atoms with E-state index in [1.165, 1.54) is 18.5 Å². The van der Waals surface area contributed by atoms with Crippen LogP contribution in [0.2, 0.25) is 0 Å². The van der Waals surface area contributed by atoms with E-state index in [2.05, 4.69) is 36.7 Å². The number of nitrogens with one attached hydrogen (secondary N) is 2. The van der Waals surface area contributed by atoms with Gasteiger partial charge in [0.25, 0.3) is 0 Å². The third-order valence-electron chi connectivity index (χ3n) is 5.88. The lowest BCUT2D eigenvalue weighted by Gasteiger charge is -2.38. The Kier molecular flexibility index (Phi) is 5.32. The molecule has 0 unspecified atom stereocenters. The number of hydrogen-bond acceptors (Lipinski definition) is 6. The number of halogens is 1. The van der Waals surface area contributed by atoms with Crippen LogP contribution in [-0.4, -0.2) is 51.0 Å². The molecule has 0 radical (unpaired) electrons. The van der Waals surface area contributed by atoms with Gasteiger partial charge in [-0.05, 0) is 36.8 Å². The van der Waals surface area contributed by atoms with Gasteiger partial charge in [-0.1, -0.05) is 12.1 Å². The number of nitrogens with zero attached hydrogens (tertiary/aromatic N) is 4. The molecule has 2 aromatic heterocycles. The van der Waals surface area contributed by atoms with E-state index >= 15 is 0 Å². The summed E-state index contributed by atoms with van der Waals surface area (Å²) >= 11 is 0. The average molecular weight is 434 g/mol. The Morgan fingerprint density at radius 2 is 1.72 bits per heavy atom. The lowest BCUT2D eigenvalue weighted by atomic mass is 10.1. The maximum absolute atomic E-state index is 13.2. The molecule has 1 atom stereocenters. The summed E-state index contributed by atoms with van der Waals surface area (Å²) in [5.74, 6) is 1.61. The molecule has 32 heavy (non-hydrogen) atoms. The highest BCUT2D eigenvalue weighted by Crippen LogP contribution is 2.26. The van der Waals surface area contributed by atoms with Crippen LogP contribution in [0.1, 0.15) is 18.5 Å². The third kappa shape index (κ3) is 4.19. The Hall–Kier alpha value is -3.72. The zero-order chi connectivity index (χ0) is 22.1. The zero-order valence-electron chi connectivity index (χ0n) is 17.6. The van der Waals surface area contributed by atoms with Gasteiger partial charge in [0.1, 0.15) is 23.7 Å². The van der Waals surface area contributed by atoms with Crippen molar-refractivity contribution >= 4 is 16.9 Å². The van der Waals surface area contributed by atoms with Gasteiger partial charge in [-0.15, -0.1) is 0 Å². The minimum atomic E-state index is -0.255. The van der Waals surface area contributed by atoms with Crippen LogP contribution in [0.15, 0.2) is 59.7 Å². The van der Waals surface area contributed by atoms with E-state index in [0.29, 0.717) is 17.1 Å². The Labute approximate surface area is 183 Å². The second-order valence-electron chi connectivity index (χ2n) is 7.85. The first-order chi connectivity index (χ1) is 15.5. The molecule has 0 amide bonds. The maximum atomic E-state index is 13.2. The predicted molar refractivity (Wildman–Crippen MR) is 120 cm³/mol. The van der Waals surface area contributed by atoms with Crippen LogP contribution in [0.25, 0.3) is 11.0 Å². The Bertz CT molecular complexity index is 1280. The lowest BCUT2D eigenvalue weighted by molar-refractivity contribution is 0.198. The van der Waals surface area contributed by atoms with E-state index in [1.807, 2.05) is 18.2 Å². The Balaban J connectivity index is 1.24. The van der Waals surface area contributed by atoms with E-state index < -0.39 is 0 Å². The van der Waals surface area contributed by atoms with Crippen molar-refractivity contribution < 1.29 is 9.13 Å². The average Bonchev–Trinajstić information content (AvgIpc) is 3.19. The number of H-pyrrole nitrogens is 2. The molecule has 3 heterocycles. The van der Waals surface area contributed by atoms with Crippen LogP contribution in [0.5, 0.6) is 11.6 Å². The molecular weight excluding hydrogens is 411 g/mol. The molecule has 8 nitrogen and oxygen atoms in total. The van der Waals surface area contributed by atoms with Gasteiger partial charge in [-0.2, -0.15) is 0 Å². The number of aromatic amines is 2. The normalized spacial score (nSPS) is 15.8. The first kappa shape index (κ1) is 20.2. The van der Waals surface area contributed by atoms with Crippen molar-refractivity contribution in [2.24, 2.45) is 0 Å². The fraction of sp³-hybridized carbons (Fsp3) is 0.261. The standard InChI is InChI=1S/C23H23FN6O2/c1-15(16-2-4-17(24)5-3-16)29-8-10-30(11-9-29)21-13-22(26-14-25-21)32-18-6-7-19-20(12-18)28-23(31)27-19/h2-7,12-15H,8-11H2,1H3,(H2,27,28,31)/t15-/m0/s1. The molecule has 1 aliphatic rings. The fourth-order valence-corrected chi connectivity index (χ4v) is 4.04. The van der Waals surface area contributed by atoms with Crippen LogP contribution < -0.4 is 15.3 Å². The summed E-state index contributed by atoms with van der Waals surface area (Å²) < 4.78 is 19.1. The van der Waals surface area contributed by atoms with Crippen LogP contribution in [0, 0.1) is 5.82 Å². The number of anilines is 1. The molecule has 0 bridgehead atoms. The molecule has 1 saturated heterocycles. The van der Waals surface area contributed by atoms with Crippen LogP contribution in [-0.2, 0) is 0 Å². The van der Waals surface area contributed by atoms with Gasteiger partial charge in [-0.25, -0.2) is 19.2 Å². The molecule has 5 rings (SSSR count). The number of aromatic nitrogens is 4. The van der Waals surface area contributed by atoms with E-state index in [0.717, 1.165) is 43.1 Å². The number of fused-ring (bicyclic) bond motifs is 1. The number of ether oxygens (including phenoxy) is 1. The lowest BCUT2D eigenvalue weighted by Crippen LogP contribution is -2.47. The molecule has 0 spiro atoms. The van der Waals surface area contributed by atoms with Gasteiger partial charge in [0.15, 0.2) is 0 Å². The first-order valence-electron chi connectivity index (χ1n) is 10.5. The van der Waals surface area contributed by atoms with Gasteiger partial charge >= 0.3 is 5.69 Å². The molecule has 9 heteroatoms. The summed E-state index contributed by atoms with van der Waals surface area (Å²) in [7, 11) is 0. The van der Waals surface area contributed by atoms with Crippen molar-refractivity contribution in [3.05, 3.63) is 76.7 Å². The monoisotopic (exact) mass is 434 g/mol. The minimum absolute atomic E-state index is 0.214. The molecule has 1 fully saturated rings. The summed E-state index contributed by atoms with van der Waals surface area (Å²) in [4.78, 5) is 30.1. The molecule has 1 aliphatic heterocycles. The van der Waals surface area contributed by atoms with Crippen molar-refractivity contribution in [2.45, 2.75) is 13.0 Å². The topological polar surface area (TPSA) is 90.1 Å². The van der Waals surface area contributed by atoms with Gasteiger partial charge in [0, 0.05) is 44.4 Å². The Morgan fingerprint density at radius 3 is 2.50 bits per heavy atom. The molecule has 164 valence electrons. The maximum Gasteiger partial charge on any atom is 0.323 e. The molecule has 2 N–H and O–H groups in total. The largest absolute Gasteiger partial charge is 0.439 e. The van der Waals surface area contributed by atoms with Crippen molar-refractivity contribution in [2.75, 3.05) is 31.1 Å². The molecular formula is C23H23FN6O2. The van der Waals surface area contributed by atoms with Gasteiger partial charge < -0.3 is 19.6 Å². The highest BCUT2D eigenvalue weighted by Gasteiger charge is 2.23. The van der Waals surface area contributed by atoms with E-state index in [4.69, 9.17) is 4.74 Å². The highest BCUT2D eigenvalue weighted by molar-refractivity contribution is 5.76. The van der Waals surface area contributed by atoms with Crippen LogP contribution in [0.3, 0.4) is 0 Å². The highest BCUT2D eigenvalue weighted by atomic mass is 19.1. The quantitative estimate of drug-likeness (QED) is 0.500. The van der Waals surface area contributed by atoms with Crippen molar-refractivity contribution in [3.8, 4) is 11.6 Å². The predicted octanol–water partition coefficient (Wildman–Crippen LogP) is 3.46. The summed E-state index contributed by atoms with van der Waals surface area (Å²) in [5, 5.41) is 0. The molecule has 2 aromatic carbocycles. The minimum Gasteiger partial charge on any atom is -0.439 e. The molecule has 0 aliphatic carbocycles. The number of imidazole rings is 1. The summed E-state index contributed by atoms with van der Waals surface area (Å²) in [5.41, 5.74) is 2.25. The third-order valence-corrected chi connectivity index (χ3v) is 5.88. The second-order valence-corrected chi connectivity index (χ2v) is 7.85. The number of benzene rings is 2. The SMILES string of the molecule is C[C@@H](c1ccc(F)cc1)N1CCN(c2cc(Oc3ccc4[nH]c(=O)[nH]c4c3)ncn2)CC1.